The molecule has 2 amide bonds. The summed E-state index contributed by atoms with van der Waals surface area (Å²) in [6, 6.07) is 16.0. The Morgan fingerprint density at radius 3 is 2.40 bits per heavy atom. The van der Waals surface area contributed by atoms with Crippen LogP contribution in [0.4, 0.5) is 0 Å². The third kappa shape index (κ3) is 3.52. The van der Waals surface area contributed by atoms with Crippen LogP contribution >= 0.6 is 0 Å². The van der Waals surface area contributed by atoms with Gasteiger partial charge in [-0.2, -0.15) is 0 Å². The van der Waals surface area contributed by atoms with Crippen LogP contribution in [0.1, 0.15) is 46.8 Å². The summed E-state index contributed by atoms with van der Waals surface area (Å²) < 4.78 is 6.26. The maximum absolute atomic E-state index is 13.6. The molecule has 5 nitrogen and oxygen atoms in total. The fraction of sp³-hybridized carbons (Fsp3) is 0.440. The lowest BCUT2D eigenvalue weighted by Gasteiger charge is -2.42. The summed E-state index contributed by atoms with van der Waals surface area (Å²) >= 11 is 0. The van der Waals surface area contributed by atoms with Gasteiger partial charge in [0.25, 0.3) is 11.8 Å². The van der Waals surface area contributed by atoms with E-state index in [1.807, 2.05) is 62.9 Å². The van der Waals surface area contributed by atoms with Crippen molar-refractivity contribution in [2.45, 2.75) is 45.3 Å². The van der Waals surface area contributed by atoms with Crippen LogP contribution in [0, 0.1) is 13.8 Å². The number of ether oxygens (including phenoxy) is 1. The van der Waals surface area contributed by atoms with Crippen molar-refractivity contribution in [3.05, 3.63) is 70.8 Å². The first-order chi connectivity index (χ1) is 14.3. The number of likely N-dealkylation sites (tertiary alicyclic amines) is 1. The second-order valence-electron chi connectivity index (χ2n) is 8.86. The van der Waals surface area contributed by atoms with E-state index in [9.17, 15) is 9.59 Å². The van der Waals surface area contributed by atoms with E-state index in [0.29, 0.717) is 25.3 Å². The van der Waals surface area contributed by atoms with E-state index in [-0.39, 0.29) is 30.3 Å². The highest BCUT2D eigenvalue weighted by atomic mass is 16.5. The van der Waals surface area contributed by atoms with Gasteiger partial charge in [-0.3, -0.25) is 9.59 Å². The molecule has 2 aliphatic heterocycles. The highest BCUT2D eigenvalue weighted by Gasteiger charge is 2.58. The zero-order valence-electron chi connectivity index (χ0n) is 18.2. The molecule has 2 heterocycles. The molecule has 158 valence electrons. The first-order valence-electron chi connectivity index (χ1n) is 10.7. The zero-order valence-corrected chi connectivity index (χ0v) is 18.2. The number of rotatable bonds is 3. The number of carbonyl (C=O) groups excluding carboxylic acids is 2. The molecule has 1 spiro atoms. The Bertz CT molecular complexity index is 936. The minimum Gasteiger partial charge on any atom is -0.361 e. The molecule has 30 heavy (non-hydrogen) atoms. The molecular weight excluding hydrogens is 376 g/mol. The van der Waals surface area contributed by atoms with Crippen LogP contribution in [-0.2, 0) is 9.53 Å². The van der Waals surface area contributed by atoms with E-state index in [2.05, 4.69) is 18.2 Å². The minimum atomic E-state index is -1.03. The Labute approximate surface area is 178 Å². The monoisotopic (exact) mass is 406 g/mol. The normalized spacial score (nSPS) is 24.2. The summed E-state index contributed by atoms with van der Waals surface area (Å²) in [5, 5.41) is 0. The topological polar surface area (TPSA) is 49.9 Å². The zero-order chi connectivity index (χ0) is 21.5. The van der Waals surface area contributed by atoms with Crippen LogP contribution in [0.2, 0.25) is 0 Å². The molecule has 2 saturated heterocycles. The molecule has 0 unspecified atom stereocenters. The average Bonchev–Trinajstić information content (AvgIpc) is 2.99. The number of amides is 2. The van der Waals surface area contributed by atoms with E-state index in [0.717, 1.165) is 16.7 Å². The van der Waals surface area contributed by atoms with Crippen LogP contribution in [-0.4, -0.2) is 59.5 Å². The SMILES string of the molecule is Cc1cc(C)cc(C(=O)N2CCO[C@@]3(C2)C(=O)N(C(C)C)C[C@H]3c2ccccc2)c1. The van der Waals surface area contributed by atoms with Crippen molar-refractivity contribution in [2.75, 3.05) is 26.2 Å². The lowest BCUT2D eigenvalue weighted by Crippen LogP contribution is -2.59. The number of nitrogens with zero attached hydrogens (tertiary/aromatic N) is 2. The third-order valence-electron chi connectivity index (χ3n) is 6.29. The lowest BCUT2D eigenvalue weighted by molar-refractivity contribution is -0.160. The smallest absolute Gasteiger partial charge is 0.257 e. The quantitative estimate of drug-likeness (QED) is 0.783. The predicted molar refractivity (Wildman–Crippen MR) is 117 cm³/mol. The summed E-state index contributed by atoms with van der Waals surface area (Å²) in [5.74, 6) is -0.153. The van der Waals surface area contributed by atoms with Crippen LogP contribution in [0.5, 0.6) is 0 Å². The summed E-state index contributed by atoms with van der Waals surface area (Å²) in [6.07, 6.45) is 0. The van der Waals surface area contributed by atoms with Crippen molar-refractivity contribution in [1.29, 1.82) is 0 Å². The number of hydrogen-bond donors (Lipinski definition) is 0. The predicted octanol–water partition coefficient (Wildman–Crippen LogP) is 3.55. The first kappa shape index (κ1) is 20.6. The van der Waals surface area contributed by atoms with E-state index in [1.165, 1.54) is 0 Å². The van der Waals surface area contributed by atoms with Gasteiger partial charge in [0.05, 0.1) is 13.2 Å². The van der Waals surface area contributed by atoms with Gasteiger partial charge in [0.1, 0.15) is 0 Å². The Morgan fingerprint density at radius 1 is 1.10 bits per heavy atom. The molecule has 2 atom stereocenters. The van der Waals surface area contributed by atoms with Crippen LogP contribution in [0.25, 0.3) is 0 Å². The second-order valence-corrected chi connectivity index (χ2v) is 8.86. The fourth-order valence-corrected chi connectivity index (χ4v) is 4.86. The number of carbonyl (C=O) groups is 2. The van der Waals surface area contributed by atoms with Gasteiger partial charge in [0.2, 0.25) is 0 Å². The van der Waals surface area contributed by atoms with Crippen molar-refractivity contribution in [3.63, 3.8) is 0 Å². The maximum atomic E-state index is 13.6. The van der Waals surface area contributed by atoms with E-state index in [1.54, 1.807) is 4.90 Å². The summed E-state index contributed by atoms with van der Waals surface area (Å²) in [6.45, 7) is 9.78. The van der Waals surface area contributed by atoms with Crippen molar-refractivity contribution in [2.24, 2.45) is 0 Å². The number of morpholine rings is 1. The molecule has 0 aromatic heterocycles. The van der Waals surface area contributed by atoms with E-state index in [4.69, 9.17) is 4.74 Å². The summed E-state index contributed by atoms with van der Waals surface area (Å²) in [5.41, 5.74) is 2.85. The Morgan fingerprint density at radius 2 is 1.77 bits per heavy atom. The van der Waals surface area contributed by atoms with E-state index >= 15 is 0 Å². The molecule has 2 fully saturated rings. The van der Waals surface area contributed by atoms with Gasteiger partial charge in [-0.1, -0.05) is 47.5 Å². The Kier molecular flexibility index (Phi) is 5.41. The van der Waals surface area contributed by atoms with Gasteiger partial charge in [0.15, 0.2) is 5.60 Å². The lowest BCUT2D eigenvalue weighted by atomic mass is 9.83. The van der Waals surface area contributed by atoms with Crippen LogP contribution in [0.3, 0.4) is 0 Å². The molecule has 0 aliphatic carbocycles. The molecule has 0 radical (unpaired) electrons. The van der Waals surface area contributed by atoms with Crippen molar-refractivity contribution in [3.8, 4) is 0 Å². The molecule has 5 heteroatoms. The molecule has 2 aromatic carbocycles. The van der Waals surface area contributed by atoms with Gasteiger partial charge in [-0.15, -0.1) is 0 Å². The van der Waals surface area contributed by atoms with Crippen molar-refractivity contribution >= 4 is 11.8 Å². The maximum Gasteiger partial charge on any atom is 0.257 e. The Hall–Kier alpha value is -2.66. The largest absolute Gasteiger partial charge is 0.361 e. The van der Waals surface area contributed by atoms with Gasteiger partial charge in [-0.25, -0.2) is 0 Å². The third-order valence-corrected chi connectivity index (χ3v) is 6.29. The van der Waals surface area contributed by atoms with Crippen molar-refractivity contribution in [1.82, 2.24) is 9.80 Å². The van der Waals surface area contributed by atoms with Crippen molar-refractivity contribution < 1.29 is 14.3 Å². The molecule has 0 N–H and O–H groups in total. The molecule has 0 bridgehead atoms. The molecule has 2 aromatic rings. The summed E-state index contributed by atoms with van der Waals surface area (Å²) in [4.78, 5) is 30.6. The number of aryl methyl sites for hydroxylation is 2. The van der Waals surface area contributed by atoms with E-state index < -0.39 is 5.60 Å². The van der Waals surface area contributed by atoms with Gasteiger partial charge in [-0.05, 0) is 45.4 Å². The molecular formula is C25H30N2O3. The fourth-order valence-electron chi connectivity index (χ4n) is 4.86. The average molecular weight is 407 g/mol. The second kappa shape index (κ2) is 7.88. The number of hydrogen-bond acceptors (Lipinski definition) is 3. The summed E-state index contributed by atoms with van der Waals surface area (Å²) in [7, 11) is 0. The highest BCUT2D eigenvalue weighted by Crippen LogP contribution is 2.43. The number of benzene rings is 2. The van der Waals surface area contributed by atoms with Crippen LogP contribution < -0.4 is 0 Å². The Balaban J connectivity index is 1.70. The molecule has 2 aliphatic rings. The van der Waals surface area contributed by atoms with Crippen LogP contribution in [0.15, 0.2) is 48.5 Å². The van der Waals surface area contributed by atoms with Gasteiger partial charge >= 0.3 is 0 Å². The molecule has 0 saturated carbocycles. The first-order valence-corrected chi connectivity index (χ1v) is 10.7. The minimum absolute atomic E-state index is 0.00993. The van der Waals surface area contributed by atoms with Gasteiger partial charge < -0.3 is 14.5 Å². The highest BCUT2D eigenvalue weighted by molar-refractivity contribution is 5.96. The standard InChI is InChI=1S/C25H30N2O3/c1-17(2)27-15-22(20-8-6-5-7-9-20)25(24(27)29)16-26(10-11-30-25)23(28)21-13-18(3)12-19(4)14-21/h5-9,12-14,17,22H,10-11,15-16H2,1-4H3/t22-,25+/m0/s1. The molecule has 4 rings (SSSR count). The van der Waals surface area contributed by atoms with Gasteiger partial charge in [0, 0.05) is 30.6 Å².